The van der Waals surface area contributed by atoms with Gasteiger partial charge >= 0.3 is 0 Å². The summed E-state index contributed by atoms with van der Waals surface area (Å²) in [5.74, 6) is 0.389. The third kappa shape index (κ3) is 1.48. The Bertz CT molecular complexity index is 210. The van der Waals surface area contributed by atoms with Crippen LogP contribution < -0.4 is 5.32 Å². The number of hydrogen-bond acceptors (Lipinski definition) is 1. The molecule has 0 atom stereocenters. The normalized spacial score (nSPS) is 9.70. The second kappa shape index (κ2) is 3.22. The van der Waals surface area contributed by atoms with Crippen molar-refractivity contribution < 1.29 is 10.4 Å². The van der Waals surface area contributed by atoms with Crippen LogP contribution >= 0.6 is 0 Å². The first-order valence-electron chi connectivity index (χ1n) is 3.39. The number of aromatic hydroxyl groups is 1. The number of rotatable bonds is 2. The highest BCUT2D eigenvalue weighted by molar-refractivity contribution is 5.30. The summed E-state index contributed by atoms with van der Waals surface area (Å²) in [6.45, 7) is 0.840. The van der Waals surface area contributed by atoms with Crippen molar-refractivity contribution in [1.29, 1.82) is 0 Å². The predicted molar refractivity (Wildman–Crippen MR) is 39.7 cm³/mol. The molecule has 0 fully saturated rings. The van der Waals surface area contributed by atoms with Gasteiger partial charge in [-0.05, 0) is 12.1 Å². The van der Waals surface area contributed by atoms with E-state index in [4.69, 9.17) is 0 Å². The van der Waals surface area contributed by atoms with E-state index >= 15 is 0 Å². The summed E-state index contributed by atoms with van der Waals surface area (Å²) in [5, 5.41) is 11.2. The molecule has 0 aliphatic heterocycles. The van der Waals surface area contributed by atoms with Gasteiger partial charge in [0.1, 0.15) is 12.3 Å². The van der Waals surface area contributed by atoms with E-state index in [2.05, 4.69) is 0 Å². The molecule has 1 aromatic rings. The van der Waals surface area contributed by atoms with Crippen molar-refractivity contribution in [3.8, 4) is 5.75 Å². The van der Waals surface area contributed by atoms with Gasteiger partial charge in [0.05, 0.1) is 7.05 Å². The van der Waals surface area contributed by atoms with Crippen molar-refractivity contribution in [2.24, 2.45) is 0 Å². The molecule has 10 heavy (non-hydrogen) atoms. The Morgan fingerprint density at radius 2 is 2.10 bits per heavy atom. The number of quaternary nitrogens is 1. The Balaban J connectivity index is 2.81. The van der Waals surface area contributed by atoms with E-state index in [1.165, 1.54) is 0 Å². The van der Waals surface area contributed by atoms with Crippen LogP contribution in [0.1, 0.15) is 5.56 Å². The van der Waals surface area contributed by atoms with Gasteiger partial charge in [0, 0.05) is 5.56 Å². The molecular formula is C8H12NO+. The van der Waals surface area contributed by atoms with Crippen LogP contribution in [0.4, 0.5) is 0 Å². The summed E-state index contributed by atoms with van der Waals surface area (Å²) in [6.07, 6.45) is 0. The maximum absolute atomic E-state index is 9.22. The van der Waals surface area contributed by atoms with Crippen LogP contribution in [0.25, 0.3) is 0 Å². The number of nitrogens with two attached hydrogens (primary N) is 1. The molecule has 0 saturated carbocycles. The van der Waals surface area contributed by atoms with Crippen LogP contribution in [0, 0.1) is 0 Å². The first-order valence-corrected chi connectivity index (χ1v) is 3.39. The lowest BCUT2D eigenvalue weighted by Crippen LogP contribution is -2.77. The lowest BCUT2D eigenvalue weighted by atomic mass is 10.2. The van der Waals surface area contributed by atoms with E-state index in [9.17, 15) is 5.11 Å². The minimum absolute atomic E-state index is 0.389. The number of hydrogen-bond donors (Lipinski definition) is 2. The molecule has 0 heterocycles. The topological polar surface area (TPSA) is 36.8 Å². The molecule has 1 rings (SSSR count). The second-order valence-electron chi connectivity index (χ2n) is 2.24. The molecule has 2 heteroatoms. The molecule has 0 unspecified atom stereocenters. The van der Waals surface area contributed by atoms with E-state index in [1.54, 1.807) is 6.07 Å². The smallest absolute Gasteiger partial charge is 0.124 e. The summed E-state index contributed by atoms with van der Waals surface area (Å²) in [4.78, 5) is 0. The molecular weight excluding hydrogens is 126 g/mol. The number of para-hydroxylation sites is 1. The Hall–Kier alpha value is -1.02. The monoisotopic (exact) mass is 138 g/mol. The van der Waals surface area contributed by atoms with Crippen LogP contribution in [0.15, 0.2) is 24.3 Å². The molecule has 0 aliphatic carbocycles. The minimum Gasteiger partial charge on any atom is -0.507 e. The van der Waals surface area contributed by atoms with Crippen LogP contribution in [-0.2, 0) is 6.54 Å². The molecule has 0 amide bonds. The first-order chi connectivity index (χ1) is 4.84. The van der Waals surface area contributed by atoms with Crippen LogP contribution in [0.2, 0.25) is 0 Å². The van der Waals surface area contributed by atoms with Gasteiger partial charge in [0.25, 0.3) is 0 Å². The van der Waals surface area contributed by atoms with E-state index in [0.29, 0.717) is 5.75 Å². The Morgan fingerprint density at radius 1 is 1.40 bits per heavy atom. The average Bonchev–Trinajstić information content (AvgIpc) is 1.94. The fourth-order valence-corrected chi connectivity index (χ4v) is 0.903. The third-order valence-electron chi connectivity index (χ3n) is 1.42. The van der Waals surface area contributed by atoms with Gasteiger partial charge < -0.3 is 10.4 Å². The lowest BCUT2D eigenvalue weighted by Gasteiger charge is -1.98. The molecule has 0 radical (unpaired) electrons. The highest BCUT2D eigenvalue weighted by atomic mass is 16.3. The number of phenolic OH excluding ortho intramolecular Hbond substituents is 1. The van der Waals surface area contributed by atoms with Crippen molar-refractivity contribution in [3.05, 3.63) is 29.8 Å². The summed E-state index contributed by atoms with van der Waals surface area (Å²) in [5.41, 5.74) is 0.991. The molecule has 1 aromatic carbocycles. The summed E-state index contributed by atoms with van der Waals surface area (Å²) in [6, 6.07) is 7.39. The van der Waals surface area contributed by atoms with Crippen LogP contribution in [0.3, 0.4) is 0 Å². The molecule has 0 spiro atoms. The largest absolute Gasteiger partial charge is 0.507 e. The highest BCUT2D eigenvalue weighted by Crippen LogP contribution is 2.13. The van der Waals surface area contributed by atoms with E-state index in [1.807, 2.05) is 30.6 Å². The van der Waals surface area contributed by atoms with Crippen molar-refractivity contribution >= 4 is 0 Å². The maximum atomic E-state index is 9.22. The zero-order valence-electron chi connectivity index (χ0n) is 6.04. The second-order valence-corrected chi connectivity index (χ2v) is 2.24. The standard InChI is InChI=1S/C8H11NO/c1-9-6-7-4-2-3-5-8(7)10/h2-5,9-10H,6H2,1H3/p+1. The fourth-order valence-electron chi connectivity index (χ4n) is 0.903. The van der Waals surface area contributed by atoms with Gasteiger partial charge in [0.2, 0.25) is 0 Å². The SMILES string of the molecule is C[NH2+]Cc1ccccc1O. The van der Waals surface area contributed by atoms with E-state index in [-0.39, 0.29) is 0 Å². The fraction of sp³-hybridized carbons (Fsp3) is 0.250. The maximum Gasteiger partial charge on any atom is 0.124 e. The predicted octanol–water partition coefficient (Wildman–Crippen LogP) is 0.0854. The zero-order chi connectivity index (χ0) is 7.40. The Morgan fingerprint density at radius 3 is 2.70 bits per heavy atom. The average molecular weight is 138 g/mol. The molecule has 3 N–H and O–H groups in total. The lowest BCUT2D eigenvalue weighted by molar-refractivity contribution is -0.643. The first kappa shape index (κ1) is 7.09. The molecule has 0 saturated heterocycles. The zero-order valence-corrected chi connectivity index (χ0v) is 6.04. The van der Waals surface area contributed by atoms with E-state index in [0.717, 1.165) is 12.1 Å². The minimum atomic E-state index is 0.389. The number of benzene rings is 1. The molecule has 0 bridgehead atoms. The van der Waals surface area contributed by atoms with Gasteiger partial charge in [-0.3, -0.25) is 0 Å². The van der Waals surface area contributed by atoms with E-state index < -0.39 is 0 Å². The van der Waals surface area contributed by atoms with Gasteiger partial charge in [-0.15, -0.1) is 0 Å². The van der Waals surface area contributed by atoms with Gasteiger partial charge in [-0.25, -0.2) is 0 Å². The Kier molecular flexibility index (Phi) is 2.29. The third-order valence-corrected chi connectivity index (χ3v) is 1.42. The van der Waals surface area contributed by atoms with Crippen LogP contribution in [-0.4, -0.2) is 12.2 Å². The summed E-state index contributed by atoms with van der Waals surface area (Å²) < 4.78 is 0. The van der Waals surface area contributed by atoms with Crippen molar-refractivity contribution in [2.75, 3.05) is 7.05 Å². The van der Waals surface area contributed by atoms with Gasteiger partial charge in [-0.1, -0.05) is 12.1 Å². The summed E-state index contributed by atoms with van der Waals surface area (Å²) >= 11 is 0. The van der Waals surface area contributed by atoms with Crippen LogP contribution in [0.5, 0.6) is 5.75 Å². The number of phenols is 1. The molecule has 0 aromatic heterocycles. The van der Waals surface area contributed by atoms with Crippen molar-refractivity contribution in [3.63, 3.8) is 0 Å². The van der Waals surface area contributed by atoms with Gasteiger partial charge in [-0.2, -0.15) is 0 Å². The quantitative estimate of drug-likeness (QED) is 0.597. The van der Waals surface area contributed by atoms with Crippen molar-refractivity contribution in [1.82, 2.24) is 0 Å². The highest BCUT2D eigenvalue weighted by Gasteiger charge is 1.97. The molecule has 2 nitrogen and oxygen atoms in total. The Labute approximate surface area is 60.5 Å². The summed E-state index contributed by atoms with van der Waals surface area (Å²) in [7, 11) is 1.98. The molecule has 54 valence electrons. The van der Waals surface area contributed by atoms with Gasteiger partial charge in [0.15, 0.2) is 0 Å². The molecule has 0 aliphatic rings. The van der Waals surface area contributed by atoms with Crippen molar-refractivity contribution in [2.45, 2.75) is 6.54 Å².